The van der Waals surface area contributed by atoms with E-state index < -0.39 is 0 Å². The van der Waals surface area contributed by atoms with Gasteiger partial charge in [0, 0.05) is 23.8 Å². The molecule has 3 rings (SSSR count). The summed E-state index contributed by atoms with van der Waals surface area (Å²) in [5.74, 6) is 1.76. The summed E-state index contributed by atoms with van der Waals surface area (Å²) in [5, 5.41) is 0. The van der Waals surface area contributed by atoms with Crippen LogP contribution in [-0.4, -0.2) is 33.4 Å². The van der Waals surface area contributed by atoms with Crippen LogP contribution >= 0.6 is 0 Å². The van der Waals surface area contributed by atoms with Crippen molar-refractivity contribution in [2.75, 3.05) is 18.8 Å². The van der Waals surface area contributed by atoms with Gasteiger partial charge >= 0.3 is 0 Å². The van der Waals surface area contributed by atoms with Crippen LogP contribution in [0, 0.1) is 0 Å². The number of rotatable bonds is 2. The van der Waals surface area contributed by atoms with E-state index in [4.69, 9.17) is 5.73 Å². The largest absolute Gasteiger partial charge is 0.399 e. The van der Waals surface area contributed by atoms with Crippen LogP contribution in [-0.2, 0) is 0 Å². The second-order valence-electron chi connectivity index (χ2n) is 5.78. The maximum Gasteiger partial charge on any atom is 0.116 e. The third-order valence-electron chi connectivity index (χ3n) is 4.21. The van der Waals surface area contributed by atoms with Crippen LogP contribution in [0.15, 0.2) is 24.5 Å². The lowest BCUT2D eigenvalue weighted by Crippen LogP contribution is -2.38. The van der Waals surface area contributed by atoms with Crippen molar-refractivity contribution in [3.8, 4) is 0 Å². The fourth-order valence-electron chi connectivity index (χ4n) is 3.01. The molecule has 0 unspecified atom stereocenters. The molecule has 4 heteroatoms. The lowest BCUT2D eigenvalue weighted by molar-refractivity contribution is 0.169. The summed E-state index contributed by atoms with van der Waals surface area (Å²) in [6.45, 7) is 6.89. The van der Waals surface area contributed by atoms with Crippen LogP contribution < -0.4 is 5.73 Å². The van der Waals surface area contributed by atoms with Gasteiger partial charge in [-0.2, -0.15) is 0 Å². The Labute approximate surface area is 114 Å². The summed E-state index contributed by atoms with van der Waals surface area (Å²) in [6.07, 6.45) is 6.37. The predicted molar refractivity (Wildman–Crippen MR) is 78.3 cm³/mol. The highest BCUT2D eigenvalue weighted by Crippen LogP contribution is 2.28. The first-order valence-corrected chi connectivity index (χ1v) is 7.11. The third-order valence-corrected chi connectivity index (χ3v) is 4.21. The summed E-state index contributed by atoms with van der Waals surface area (Å²) in [5.41, 5.74) is 7.71. The first-order chi connectivity index (χ1) is 9.15. The van der Waals surface area contributed by atoms with Gasteiger partial charge in [0.2, 0.25) is 0 Å². The summed E-state index contributed by atoms with van der Waals surface area (Å²) in [4.78, 5) is 7.16. The average molecular weight is 258 g/mol. The van der Waals surface area contributed by atoms with Gasteiger partial charge in [0.05, 0.1) is 11.7 Å². The number of imidazole rings is 1. The Hall–Kier alpha value is -1.55. The third kappa shape index (κ3) is 2.32. The second-order valence-corrected chi connectivity index (χ2v) is 5.78. The molecule has 0 saturated carbocycles. The van der Waals surface area contributed by atoms with Crippen molar-refractivity contribution in [3.63, 3.8) is 0 Å². The van der Waals surface area contributed by atoms with E-state index in [-0.39, 0.29) is 0 Å². The number of likely N-dealkylation sites (tertiary alicyclic amines) is 1. The smallest absolute Gasteiger partial charge is 0.116 e. The Morgan fingerprint density at radius 3 is 2.74 bits per heavy atom. The number of hydrogen-bond donors (Lipinski definition) is 1. The first-order valence-electron chi connectivity index (χ1n) is 7.11. The van der Waals surface area contributed by atoms with Crippen molar-refractivity contribution < 1.29 is 0 Å². The molecule has 3 heterocycles. The van der Waals surface area contributed by atoms with Crippen molar-refractivity contribution in [2.24, 2.45) is 0 Å². The summed E-state index contributed by atoms with van der Waals surface area (Å²) in [6, 6.07) is 4.58. The van der Waals surface area contributed by atoms with Gasteiger partial charge in [-0.25, -0.2) is 4.98 Å². The van der Waals surface area contributed by atoms with Gasteiger partial charge in [-0.1, -0.05) is 0 Å². The Kier molecular flexibility index (Phi) is 3.19. The number of hydrogen-bond acceptors (Lipinski definition) is 3. The zero-order chi connectivity index (χ0) is 13.4. The van der Waals surface area contributed by atoms with Crippen molar-refractivity contribution in [1.29, 1.82) is 0 Å². The molecule has 2 aromatic rings. The molecule has 4 nitrogen and oxygen atoms in total. The highest BCUT2D eigenvalue weighted by molar-refractivity contribution is 5.56. The summed E-state index contributed by atoms with van der Waals surface area (Å²) in [7, 11) is 0. The quantitative estimate of drug-likeness (QED) is 0.900. The van der Waals surface area contributed by atoms with E-state index in [1.54, 1.807) is 0 Å². The van der Waals surface area contributed by atoms with Gasteiger partial charge in [-0.05, 0) is 51.9 Å². The maximum absolute atomic E-state index is 5.82. The normalized spacial score (nSPS) is 18.5. The molecule has 1 aliphatic heterocycles. The minimum absolute atomic E-state index is 0.570. The highest BCUT2D eigenvalue weighted by atomic mass is 15.2. The molecule has 1 fully saturated rings. The van der Waals surface area contributed by atoms with E-state index >= 15 is 0 Å². The molecule has 2 aromatic heterocycles. The molecule has 1 aliphatic rings. The van der Waals surface area contributed by atoms with E-state index in [0.717, 1.165) is 11.2 Å². The highest BCUT2D eigenvalue weighted by Gasteiger charge is 2.24. The fraction of sp³-hybridized carbons (Fsp3) is 0.533. The second kappa shape index (κ2) is 4.85. The van der Waals surface area contributed by atoms with E-state index in [1.165, 1.54) is 31.8 Å². The van der Waals surface area contributed by atoms with Gasteiger partial charge in [-0.15, -0.1) is 0 Å². The Bertz CT molecular complexity index is 565. The number of pyridine rings is 1. The van der Waals surface area contributed by atoms with E-state index in [0.29, 0.717) is 12.0 Å². The molecule has 1 saturated heterocycles. The van der Waals surface area contributed by atoms with Gasteiger partial charge in [0.1, 0.15) is 5.82 Å². The number of fused-ring (bicyclic) bond motifs is 1. The number of aromatic nitrogens is 2. The van der Waals surface area contributed by atoms with Crippen LogP contribution in [0.25, 0.3) is 5.52 Å². The van der Waals surface area contributed by atoms with Gasteiger partial charge in [-0.3, -0.25) is 0 Å². The van der Waals surface area contributed by atoms with Crippen molar-refractivity contribution in [1.82, 2.24) is 14.3 Å². The van der Waals surface area contributed by atoms with Gasteiger partial charge in [0.25, 0.3) is 0 Å². The number of nitrogens with zero attached hydrogens (tertiary/aromatic N) is 3. The van der Waals surface area contributed by atoms with Crippen LogP contribution in [0.2, 0.25) is 0 Å². The first kappa shape index (κ1) is 12.5. The molecule has 2 N–H and O–H groups in total. The van der Waals surface area contributed by atoms with Crippen LogP contribution in [0.4, 0.5) is 5.69 Å². The van der Waals surface area contributed by atoms with Crippen molar-refractivity contribution in [3.05, 3.63) is 30.4 Å². The maximum atomic E-state index is 5.82. The number of nitrogens with two attached hydrogens (primary N) is 1. The van der Waals surface area contributed by atoms with Crippen molar-refractivity contribution >= 4 is 11.2 Å². The number of anilines is 1. The number of nitrogen functional groups attached to an aromatic ring is 1. The minimum atomic E-state index is 0.570. The molecule has 0 aromatic carbocycles. The van der Waals surface area contributed by atoms with Gasteiger partial charge < -0.3 is 15.0 Å². The average Bonchev–Trinajstić information content (AvgIpc) is 2.81. The standard InChI is InChI=1S/C15H22N4/c1-11(2)18-6-3-12(4-7-18)15-17-10-14-9-13(16)5-8-19(14)15/h5,8-12H,3-4,6-7,16H2,1-2H3. The van der Waals surface area contributed by atoms with Crippen molar-refractivity contribution in [2.45, 2.75) is 38.6 Å². The van der Waals surface area contributed by atoms with Gasteiger partial charge in [0.15, 0.2) is 0 Å². The zero-order valence-electron chi connectivity index (χ0n) is 11.7. The molecule has 0 amide bonds. The van der Waals surface area contributed by atoms with E-state index in [1.807, 2.05) is 24.5 Å². The summed E-state index contributed by atoms with van der Waals surface area (Å²) >= 11 is 0. The predicted octanol–water partition coefficient (Wildman–Crippen LogP) is 2.50. The number of piperidine rings is 1. The van der Waals surface area contributed by atoms with Crippen LogP contribution in [0.5, 0.6) is 0 Å². The molecular weight excluding hydrogens is 236 g/mol. The molecular formula is C15H22N4. The fourth-order valence-corrected chi connectivity index (χ4v) is 3.01. The zero-order valence-corrected chi connectivity index (χ0v) is 11.7. The van der Waals surface area contributed by atoms with E-state index in [2.05, 4.69) is 28.1 Å². The van der Waals surface area contributed by atoms with Crippen LogP contribution in [0.3, 0.4) is 0 Å². The molecule has 0 atom stereocenters. The van der Waals surface area contributed by atoms with E-state index in [9.17, 15) is 0 Å². The SMILES string of the molecule is CC(C)N1CCC(c2ncc3cc(N)ccn23)CC1. The Morgan fingerprint density at radius 2 is 2.05 bits per heavy atom. The lowest BCUT2D eigenvalue weighted by Gasteiger charge is -2.34. The Morgan fingerprint density at radius 1 is 1.32 bits per heavy atom. The minimum Gasteiger partial charge on any atom is -0.399 e. The molecule has 0 aliphatic carbocycles. The monoisotopic (exact) mass is 258 g/mol. The lowest BCUT2D eigenvalue weighted by atomic mass is 9.95. The molecule has 19 heavy (non-hydrogen) atoms. The molecule has 102 valence electrons. The molecule has 0 spiro atoms. The van der Waals surface area contributed by atoms with Crippen LogP contribution in [0.1, 0.15) is 38.4 Å². The topological polar surface area (TPSA) is 46.6 Å². The molecule has 0 radical (unpaired) electrons. The summed E-state index contributed by atoms with van der Waals surface area (Å²) < 4.78 is 2.19. The molecule has 0 bridgehead atoms. The Balaban J connectivity index is 1.82.